The lowest BCUT2D eigenvalue weighted by Crippen LogP contribution is -1.99. The zero-order valence-electron chi connectivity index (χ0n) is 10.8. The Morgan fingerprint density at radius 1 is 1.32 bits per heavy atom. The number of carboxylic acid groups (broad SMARTS) is 1. The van der Waals surface area contributed by atoms with Crippen LogP contribution >= 0.6 is 15.9 Å². The first-order valence-corrected chi connectivity index (χ1v) is 6.83. The number of carboxylic acids is 1. The Morgan fingerprint density at radius 3 is 2.73 bits per heavy atom. The maximum Gasteiger partial charge on any atom is 0.339 e. The number of aromatic carboxylic acids is 1. The minimum Gasteiger partial charge on any atom is -0.478 e. The number of oxazole rings is 1. The van der Waals surface area contributed by atoms with E-state index in [0.29, 0.717) is 5.56 Å². The van der Waals surface area contributed by atoms with Crippen LogP contribution in [-0.2, 0) is 0 Å². The summed E-state index contributed by atoms with van der Waals surface area (Å²) in [5.41, 5.74) is 0.121. The van der Waals surface area contributed by atoms with E-state index in [1.165, 1.54) is 6.07 Å². The number of rotatable bonds is 3. The van der Waals surface area contributed by atoms with Gasteiger partial charge in [-0.15, -0.1) is 0 Å². The van der Waals surface area contributed by atoms with Crippen molar-refractivity contribution in [3.8, 4) is 11.5 Å². The van der Waals surface area contributed by atoms with Crippen molar-refractivity contribution in [1.29, 1.82) is 0 Å². The summed E-state index contributed by atoms with van der Waals surface area (Å²) in [4.78, 5) is 25.6. The molecule has 2 aromatic carbocycles. The number of benzene rings is 2. The SMILES string of the molecule is O=C(O)c1cc([N+](=O)[O-])cc2nc(-c3cccc(Br)c3)oc12. The number of nitro benzene ring substituents is 1. The van der Waals surface area contributed by atoms with Gasteiger partial charge in [0, 0.05) is 22.2 Å². The van der Waals surface area contributed by atoms with Gasteiger partial charge in [-0.1, -0.05) is 22.0 Å². The lowest BCUT2D eigenvalue weighted by molar-refractivity contribution is -0.384. The molecule has 1 heterocycles. The van der Waals surface area contributed by atoms with E-state index in [1.807, 2.05) is 6.07 Å². The van der Waals surface area contributed by atoms with E-state index in [9.17, 15) is 20.0 Å². The predicted molar refractivity (Wildman–Crippen MR) is 80.8 cm³/mol. The molecule has 1 N–H and O–H groups in total. The molecule has 0 amide bonds. The molecule has 0 aliphatic carbocycles. The van der Waals surface area contributed by atoms with E-state index in [2.05, 4.69) is 20.9 Å². The highest BCUT2D eigenvalue weighted by molar-refractivity contribution is 9.10. The summed E-state index contributed by atoms with van der Waals surface area (Å²) < 4.78 is 6.30. The smallest absolute Gasteiger partial charge is 0.339 e. The second kappa shape index (κ2) is 5.23. The van der Waals surface area contributed by atoms with Crippen LogP contribution in [0.1, 0.15) is 10.4 Å². The largest absolute Gasteiger partial charge is 0.478 e. The Labute approximate surface area is 131 Å². The van der Waals surface area contributed by atoms with Gasteiger partial charge in [0.25, 0.3) is 5.69 Å². The molecule has 0 unspecified atom stereocenters. The number of non-ortho nitro benzene ring substituents is 1. The summed E-state index contributed by atoms with van der Waals surface area (Å²) >= 11 is 3.32. The zero-order chi connectivity index (χ0) is 15.9. The van der Waals surface area contributed by atoms with Gasteiger partial charge in [0.2, 0.25) is 5.89 Å². The monoisotopic (exact) mass is 362 g/mol. The van der Waals surface area contributed by atoms with Crippen LogP contribution in [-0.4, -0.2) is 21.0 Å². The third kappa shape index (κ3) is 2.44. The predicted octanol–water partition coefficient (Wildman–Crippen LogP) is 3.86. The molecule has 3 aromatic rings. The normalized spacial score (nSPS) is 10.8. The first kappa shape index (κ1) is 14.2. The highest BCUT2D eigenvalue weighted by Gasteiger charge is 2.21. The molecule has 0 bridgehead atoms. The van der Waals surface area contributed by atoms with Crippen LogP contribution in [0.3, 0.4) is 0 Å². The van der Waals surface area contributed by atoms with Gasteiger partial charge in [0.05, 0.1) is 4.92 Å². The Kier molecular flexibility index (Phi) is 3.38. The molecule has 0 radical (unpaired) electrons. The van der Waals surface area contributed by atoms with Gasteiger partial charge in [0.15, 0.2) is 5.58 Å². The van der Waals surface area contributed by atoms with E-state index in [0.717, 1.165) is 10.5 Å². The van der Waals surface area contributed by atoms with Crippen LogP contribution in [0.4, 0.5) is 5.69 Å². The molecule has 0 spiro atoms. The van der Waals surface area contributed by atoms with E-state index in [-0.39, 0.29) is 28.2 Å². The number of hydrogen-bond donors (Lipinski definition) is 1. The van der Waals surface area contributed by atoms with Crippen LogP contribution in [0.15, 0.2) is 45.3 Å². The Hall–Kier alpha value is -2.74. The number of nitro groups is 1. The van der Waals surface area contributed by atoms with Gasteiger partial charge < -0.3 is 9.52 Å². The fourth-order valence-corrected chi connectivity index (χ4v) is 2.43. The van der Waals surface area contributed by atoms with Crippen LogP contribution in [0.2, 0.25) is 0 Å². The molecule has 0 aliphatic heterocycles. The lowest BCUT2D eigenvalue weighted by Gasteiger charge is -1.96. The minimum absolute atomic E-state index is 0.00748. The molecule has 8 heteroatoms. The van der Waals surface area contributed by atoms with Crippen LogP contribution in [0.25, 0.3) is 22.6 Å². The molecular formula is C14H7BrN2O5. The van der Waals surface area contributed by atoms with Crippen molar-refractivity contribution in [1.82, 2.24) is 4.98 Å². The first-order chi connectivity index (χ1) is 10.5. The Balaban J connectivity index is 2.26. The Bertz CT molecular complexity index is 919. The van der Waals surface area contributed by atoms with E-state index < -0.39 is 10.9 Å². The van der Waals surface area contributed by atoms with Gasteiger partial charge >= 0.3 is 5.97 Å². The number of aromatic nitrogens is 1. The van der Waals surface area contributed by atoms with E-state index in [1.54, 1.807) is 18.2 Å². The average molecular weight is 363 g/mol. The summed E-state index contributed by atoms with van der Waals surface area (Å²) in [7, 11) is 0. The third-order valence-corrected chi connectivity index (χ3v) is 3.48. The van der Waals surface area contributed by atoms with Crippen molar-refractivity contribution >= 4 is 38.7 Å². The van der Waals surface area contributed by atoms with Crippen molar-refractivity contribution in [2.75, 3.05) is 0 Å². The van der Waals surface area contributed by atoms with Crippen molar-refractivity contribution in [3.05, 3.63) is 56.5 Å². The molecular weight excluding hydrogens is 356 g/mol. The van der Waals surface area contributed by atoms with Gasteiger partial charge in [0.1, 0.15) is 11.1 Å². The van der Waals surface area contributed by atoms with Gasteiger partial charge in [-0.05, 0) is 18.2 Å². The molecule has 1 aromatic heterocycles. The molecule has 0 atom stereocenters. The Morgan fingerprint density at radius 2 is 2.09 bits per heavy atom. The lowest BCUT2D eigenvalue weighted by atomic mass is 10.2. The van der Waals surface area contributed by atoms with Crippen molar-refractivity contribution in [2.45, 2.75) is 0 Å². The fourth-order valence-electron chi connectivity index (χ4n) is 2.03. The first-order valence-electron chi connectivity index (χ1n) is 6.04. The summed E-state index contributed by atoms with van der Waals surface area (Å²) in [5, 5.41) is 20.1. The second-order valence-corrected chi connectivity index (χ2v) is 5.35. The van der Waals surface area contributed by atoms with Gasteiger partial charge in [-0.2, -0.15) is 0 Å². The molecule has 0 aliphatic rings. The molecule has 0 fully saturated rings. The summed E-state index contributed by atoms with van der Waals surface area (Å²) in [6.07, 6.45) is 0. The second-order valence-electron chi connectivity index (χ2n) is 4.43. The van der Waals surface area contributed by atoms with Crippen molar-refractivity contribution < 1.29 is 19.2 Å². The molecule has 22 heavy (non-hydrogen) atoms. The average Bonchev–Trinajstić information content (AvgIpc) is 2.89. The fraction of sp³-hybridized carbons (Fsp3) is 0. The quantitative estimate of drug-likeness (QED) is 0.559. The topological polar surface area (TPSA) is 106 Å². The van der Waals surface area contributed by atoms with Crippen LogP contribution < -0.4 is 0 Å². The maximum atomic E-state index is 11.3. The molecule has 3 rings (SSSR count). The molecule has 7 nitrogen and oxygen atoms in total. The molecule has 110 valence electrons. The van der Waals surface area contributed by atoms with Gasteiger partial charge in [-0.25, -0.2) is 9.78 Å². The van der Waals surface area contributed by atoms with Crippen LogP contribution in [0, 0.1) is 10.1 Å². The maximum absolute atomic E-state index is 11.3. The van der Waals surface area contributed by atoms with Gasteiger partial charge in [-0.3, -0.25) is 10.1 Å². The highest BCUT2D eigenvalue weighted by Crippen LogP contribution is 2.31. The highest BCUT2D eigenvalue weighted by atomic mass is 79.9. The van der Waals surface area contributed by atoms with E-state index in [4.69, 9.17) is 4.42 Å². The summed E-state index contributed by atoms with van der Waals surface area (Å²) in [6.45, 7) is 0. The van der Waals surface area contributed by atoms with E-state index >= 15 is 0 Å². The number of nitrogens with zero attached hydrogens (tertiary/aromatic N) is 2. The number of carbonyl (C=O) groups is 1. The third-order valence-electron chi connectivity index (χ3n) is 2.99. The summed E-state index contributed by atoms with van der Waals surface area (Å²) in [6, 6.07) is 9.23. The number of hydrogen-bond acceptors (Lipinski definition) is 5. The molecule has 0 saturated heterocycles. The number of halogens is 1. The zero-order valence-corrected chi connectivity index (χ0v) is 12.4. The van der Waals surface area contributed by atoms with Crippen molar-refractivity contribution in [2.24, 2.45) is 0 Å². The van der Waals surface area contributed by atoms with Crippen molar-refractivity contribution in [3.63, 3.8) is 0 Å². The minimum atomic E-state index is -1.31. The molecule has 0 saturated carbocycles. The standard InChI is InChI=1S/C14H7BrN2O5/c15-8-3-1-2-7(4-8)13-16-11-6-9(17(20)21)5-10(14(18)19)12(11)22-13/h1-6H,(H,18,19). The van der Waals surface area contributed by atoms with Crippen LogP contribution in [0.5, 0.6) is 0 Å². The summed E-state index contributed by atoms with van der Waals surface area (Å²) in [5.74, 6) is -1.12. The number of fused-ring (bicyclic) bond motifs is 1.